The summed E-state index contributed by atoms with van der Waals surface area (Å²) in [7, 11) is -1.98. The molecule has 4 rings (SSSR count). The summed E-state index contributed by atoms with van der Waals surface area (Å²) in [6.45, 7) is 4.48. The van der Waals surface area contributed by atoms with Crippen LogP contribution < -0.4 is 9.64 Å². The van der Waals surface area contributed by atoms with Crippen LogP contribution in [0.5, 0.6) is 5.75 Å². The minimum Gasteiger partial charge on any atom is -0.497 e. The van der Waals surface area contributed by atoms with Gasteiger partial charge in [0.2, 0.25) is 9.84 Å². The number of carbonyl (C=O) groups is 1. The lowest BCUT2D eigenvalue weighted by molar-refractivity contribution is 0.0751. The first-order valence-corrected chi connectivity index (χ1v) is 12.3. The fraction of sp³-hybridized carbons (Fsp3) is 0.261. The monoisotopic (exact) mass is 456 g/mol. The standard InChI is InChI=1S/C23H24N2O4S2/c1-17-6-8-20(9-7-17)31(27,28)22-11-10-21(30-22)23(26)25-14-12-24(13-15-25)18-4-3-5-19(16-18)29-2/h3-11,16H,12-15H2,1-2H3. The molecule has 6 nitrogen and oxygen atoms in total. The minimum absolute atomic E-state index is 0.124. The quantitative estimate of drug-likeness (QED) is 0.583. The van der Waals surface area contributed by atoms with Crippen molar-refractivity contribution in [2.24, 2.45) is 0 Å². The molecule has 1 fully saturated rings. The molecule has 0 N–H and O–H groups in total. The molecule has 2 aromatic carbocycles. The maximum Gasteiger partial charge on any atom is 0.264 e. The highest BCUT2D eigenvalue weighted by Crippen LogP contribution is 2.29. The van der Waals surface area contributed by atoms with Gasteiger partial charge in [-0.05, 0) is 43.3 Å². The topological polar surface area (TPSA) is 66.9 Å². The zero-order valence-corrected chi connectivity index (χ0v) is 19.1. The largest absolute Gasteiger partial charge is 0.497 e. The lowest BCUT2D eigenvalue weighted by atomic mass is 10.2. The molecule has 0 spiro atoms. The zero-order valence-electron chi connectivity index (χ0n) is 17.4. The van der Waals surface area contributed by atoms with Crippen LogP contribution in [0.15, 0.2) is 69.8 Å². The first-order chi connectivity index (χ1) is 14.9. The van der Waals surface area contributed by atoms with Crippen molar-refractivity contribution >= 4 is 32.8 Å². The number of methoxy groups -OCH3 is 1. The summed E-state index contributed by atoms with van der Waals surface area (Å²) in [4.78, 5) is 17.7. The fourth-order valence-corrected chi connectivity index (χ4v) is 6.22. The molecule has 0 saturated carbocycles. The zero-order chi connectivity index (χ0) is 22.0. The van der Waals surface area contributed by atoms with Crippen LogP contribution in [0.25, 0.3) is 0 Å². The Bertz CT molecular complexity index is 1180. The van der Waals surface area contributed by atoms with Gasteiger partial charge in [0, 0.05) is 37.9 Å². The predicted octanol–water partition coefficient (Wildman–Crippen LogP) is 3.86. The Balaban J connectivity index is 1.44. The van der Waals surface area contributed by atoms with Gasteiger partial charge in [0.15, 0.2) is 0 Å². The Morgan fingerprint density at radius 3 is 2.35 bits per heavy atom. The molecule has 1 aliphatic rings. The van der Waals surface area contributed by atoms with E-state index in [1.165, 1.54) is 6.07 Å². The average molecular weight is 457 g/mol. The van der Waals surface area contributed by atoms with Crippen LogP contribution in [0.1, 0.15) is 15.2 Å². The Labute approximate surface area is 186 Å². The SMILES string of the molecule is COc1cccc(N2CCN(C(=O)c3ccc(S(=O)(=O)c4ccc(C)cc4)s3)CC2)c1. The molecule has 0 aliphatic carbocycles. The number of rotatable bonds is 5. The Hall–Kier alpha value is -2.84. The Morgan fingerprint density at radius 1 is 0.968 bits per heavy atom. The molecule has 1 saturated heterocycles. The number of piperazine rings is 1. The molecule has 162 valence electrons. The van der Waals surface area contributed by atoms with Crippen LogP contribution in [0.4, 0.5) is 5.69 Å². The summed E-state index contributed by atoms with van der Waals surface area (Å²) in [5, 5.41) is 0. The number of amides is 1. The van der Waals surface area contributed by atoms with Gasteiger partial charge in [0.25, 0.3) is 5.91 Å². The van der Waals surface area contributed by atoms with Gasteiger partial charge in [-0.15, -0.1) is 11.3 Å². The van der Waals surface area contributed by atoms with E-state index in [2.05, 4.69) is 4.90 Å². The van der Waals surface area contributed by atoms with Crippen molar-refractivity contribution in [3.63, 3.8) is 0 Å². The highest BCUT2D eigenvalue weighted by atomic mass is 32.2. The third-order valence-electron chi connectivity index (χ3n) is 5.37. The van der Waals surface area contributed by atoms with Crippen LogP contribution in [0, 0.1) is 6.92 Å². The van der Waals surface area contributed by atoms with Crippen molar-refractivity contribution in [2.75, 3.05) is 38.2 Å². The van der Waals surface area contributed by atoms with Crippen molar-refractivity contribution in [1.82, 2.24) is 4.90 Å². The van der Waals surface area contributed by atoms with Gasteiger partial charge in [0.1, 0.15) is 9.96 Å². The van der Waals surface area contributed by atoms with Gasteiger partial charge in [-0.3, -0.25) is 4.79 Å². The molecule has 1 aliphatic heterocycles. The molecule has 8 heteroatoms. The second-order valence-electron chi connectivity index (χ2n) is 7.42. The second-order valence-corrected chi connectivity index (χ2v) is 10.7. The van der Waals surface area contributed by atoms with Crippen molar-refractivity contribution in [3.8, 4) is 5.75 Å². The smallest absolute Gasteiger partial charge is 0.264 e. The number of thiophene rings is 1. The summed E-state index contributed by atoms with van der Waals surface area (Å²) in [5.41, 5.74) is 2.06. The summed E-state index contributed by atoms with van der Waals surface area (Å²) in [5.74, 6) is 0.678. The fourth-order valence-electron chi connectivity index (χ4n) is 3.54. The van der Waals surface area contributed by atoms with E-state index in [1.807, 2.05) is 31.2 Å². The molecule has 0 atom stereocenters. The van der Waals surface area contributed by atoms with Gasteiger partial charge in [-0.1, -0.05) is 23.8 Å². The van der Waals surface area contributed by atoms with Crippen LogP contribution in [-0.4, -0.2) is 52.5 Å². The number of hydrogen-bond donors (Lipinski definition) is 0. The molecule has 0 radical (unpaired) electrons. The van der Waals surface area contributed by atoms with E-state index in [1.54, 1.807) is 42.3 Å². The lowest BCUT2D eigenvalue weighted by Crippen LogP contribution is -2.48. The van der Waals surface area contributed by atoms with Gasteiger partial charge in [-0.2, -0.15) is 0 Å². The normalized spacial score (nSPS) is 14.5. The van der Waals surface area contributed by atoms with Crippen LogP contribution >= 0.6 is 11.3 Å². The van der Waals surface area contributed by atoms with Gasteiger partial charge >= 0.3 is 0 Å². The number of aryl methyl sites for hydroxylation is 1. The van der Waals surface area contributed by atoms with Crippen LogP contribution in [0.3, 0.4) is 0 Å². The Morgan fingerprint density at radius 2 is 1.68 bits per heavy atom. The van der Waals surface area contributed by atoms with E-state index in [9.17, 15) is 13.2 Å². The number of sulfone groups is 1. The maximum atomic E-state index is 13.0. The van der Waals surface area contributed by atoms with Crippen LogP contribution in [-0.2, 0) is 9.84 Å². The predicted molar refractivity (Wildman–Crippen MR) is 122 cm³/mol. The molecular formula is C23H24N2O4S2. The van der Waals surface area contributed by atoms with Crippen molar-refractivity contribution in [2.45, 2.75) is 16.0 Å². The number of carbonyl (C=O) groups excluding carboxylic acids is 1. The highest BCUT2D eigenvalue weighted by Gasteiger charge is 2.26. The van der Waals surface area contributed by atoms with Gasteiger partial charge in [-0.25, -0.2) is 8.42 Å². The summed E-state index contributed by atoms with van der Waals surface area (Å²) < 4.78 is 31.2. The van der Waals surface area contributed by atoms with E-state index in [0.717, 1.165) is 28.3 Å². The summed E-state index contributed by atoms with van der Waals surface area (Å²) in [6, 6.07) is 17.8. The van der Waals surface area contributed by atoms with Crippen molar-refractivity contribution < 1.29 is 17.9 Å². The number of anilines is 1. The van der Waals surface area contributed by atoms with E-state index >= 15 is 0 Å². The average Bonchev–Trinajstić information content (AvgIpc) is 3.30. The lowest BCUT2D eigenvalue weighted by Gasteiger charge is -2.36. The minimum atomic E-state index is -3.62. The molecule has 2 heterocycles. The van der Waals surface area contributed by atoms with E-state index < -0.39 is 9.84 Å². The maximum absolute atomic E-state index is 13.0. The number of hydrogen-bond acceptors (Lipinski definition) is 6. The Kier molecular flexibility index (Phi) is 6.02. The number of ether oxygens (including phenoxy) is 1. The third kappa shape index (κ3) is 4.45. The first kappa shape index (κ1) is 21.4. The van der Waals surface area contributed by atoms with Crippen molar-refractivity contribution in [3.05, 3.63) is 71.1 Å². The van der Waals surface area contributed by atoms with Gasteiger partial charge in [0.05, 0.1) is 16.9 Å². The third-order valence-corrected chi connectivity index (χ3v) is 8.71. The van der Waals surface area contributed by atoms with Gasteiger partial charge < -0.3 is 14.5 Å². The first-order valence-electron chi connectivity index (χ1n) is 9.98. The summed E-state index contributed by atoms with van der Waals surface area (Å²) >= 11 is 1.03. The molecule has 31 heavy (non-hydrogen) atoms. The molecule has 3 aromatic rings. The van der Waals surface area contributed by atoms with E-state index in [-0.39, 0.29) is 15.0 Å². The molecule has 0 unspecified atom stereocenters. The van der Waals surface area contributed by atoms with E-state index in [0.29, 0.717) is 31.1 Å². The molecular weight excluding hydrogens is 432 g/mol. The highest BCUT2D eigenvalue weighted by molar-refractivity contribution is 7.93. The summed E-state index contributed by atoms with van der Waals surface area (Å²) in [6.07, 6.45) is 0. The molecule has 1 aromatic heterocycles. The van der Waals surface area contributed by atoms with Crippen molar-refractivity contribution in [1.29, 1.82) is 0 Å². The van der Waals surface area contributed by atoms with Crippen LogP contribution in [0.2, 0.25) is 0 Å². The second kappa shape index (κ2) is 8.72. The molecule has 0 bridgehead atoms. The van der Waals surface area contributed by atoms with E-state index in [4.69, 9.17) is 4.74 Å². The molecule has 1 amide bonds. The number of nitrogens with zero attached hydrogens (tertiary/aromatic N) is 2. The number of benzene rings is 2.